The van der Waals surface area contributed by atoms with Gasteiger partial charge in [-0.1, -0.05) is 0 Å². The zero-order chi connectivity index (χ0) is 30.8. The van der Waals surface area contributed by atoms with Crippen LogP contribution in [0.4, 0.5) is 0 Å². The Bertz CT molecular complexity index is 1850. The van der Waals surface area contributed by atoms with Crippen LogP contribution in [0.1, 0.15) is 33.4 Å². The molecule has 0 aliphatic carbocycles. The molecule has 220 valence electrons. The summed E-state index contributed by atoms with van der Waals surface area (Å²) in [4.78, 5) is 0. The van der Waals surface area contributed by atoms with Crippen molar-refractivity contribution in [1.29, 1.82) is 0 Å². The molecule has 0 saturated carbocycles. The molecule has 0 saturated heterocycles. The zero-order valence-corrected chi connectivity index (χ0v) is 29.1. The first-order valence-corrected chi connectivity index (χ1v) is 19.1. The van der Waals surface area contributed by atoms with Crippen molar-refractivity contribution in [3.05, 3.63) is 213 Å². The van der Waals surface area contributed by atoms with E-state index in [4.69, 9.17) is 0 Å². The van der Waals surface area contributed by atoms with Gasteiger partial charge in [-0.15, -0.1) is 0 Å². The molecule has 0 nitrogen and oxygen atoms in total. The molecule has 0 aliphatic rings. The second kappa shape index (κ2) is 15.2. The van der Waals surface area contributed by atoms with Gasteiger partial charge < -0.3 is 0 Å². The standard InChI is InChI=1S/C43H36Se2/c1-32-26-28-36(29-27-32)41(37-21-15-16-33(2)30-37)40(31-44-38-22-11-5-12-23-38)43(45-39-24-13-6-14-25-39)42(34-17-7-3-8-18-34)35-19-9-4-10-20-35/h3-30H,31H2,1-2H3/b41-40+. The molecule has 6 aromatic rings. The SMILES string of the molecule is Cc1ccc(/C(=C(/C[Se]c2ccccc2)C([Se]c2ccccc2)=C(c2ccccc2)c2ccccc2)c2cccc(C)c2)cc1. The Morgan fingerprint density at radius 3 is 1.47 bits per heavy atom. The third-order valence-electron chi connectivity index (χ3n) is 7.66. The summed E-state index contributed by atoms with van der Waals surface area (Å²) in [5.74, 6) is 0. The van der Waals surface area contributed by atoms with Gasteiger partial charge in [0.1, 0.15) is 0 Å². The van der Waals surface area contributed by atoms with Crippen molar-refractivity contribution in [2.45, 2.75) is 19.2 Å². The van der Waals surface area contributed by atoms with Gasteiger partial charge in [0.25, 0.3) is 0 Å². The molecule has 6 aromatic carbocycles. The Morgan fingerprint density at radius 2 is 0.911 bits per heavy atom. The second-order valence-corrected chi connectivity index (χ2v) is 15.5. The van der Waals surface area contributed by atoms with Crippen LogP contribution in [0.2, 0.25) is 5.32 Å². The maximum atomic E-state index is 2.36. The van der Waals surface area contributed by atoms with E-state index in [9.17, 15) is 0 Å². The molecule has 0 unspecified atom stereocenters. The Labute approximate surface area is 280 Å². The summed E-state index contributed by atoms with van der Waals surface area (Å²) in [6, 6.07) is 62.4. The first-order valence-electron chi connectivity index (χ1n) is 15.3. The second-order valence-electron chi connectivity index (χ2n) is 11.0. The van der Waals surface area contributed by atoms with Crippen molar-refractivity contribution in [1.82, 2.24) is 0 Å². The first kappa shape index (κ1) is 30.8. The van der Waals surface area contributed by atoms with Crippen LogP contribution in [0.5, 0.6) is 0 Å². The monoisotopic (exact) mass is 712 g/mol. The summed E-state index contributed by atoms with van der Waals surface area (Å²) < 4.78 is 4.24. The van der Waals surface area contributed by atoms with E-state index in [0.717, 1.165) is 5.32 Å². The molecule has 0 bridgehead atoms. The van der Waals surface area contributed by atoms with E-state index in [-0.39, 0.29) is 29.9 Å². The molecule has 45 heavy (non-hydrogen) atoms. The van der Waals surface area contributed by atoms with Crippen molar-refractivity contribution in [3.63, 3.8) is 0 Å². The van der Waals surface area contributed by atoms with Crippen LogP contribution in [0.25, 0.3) is 11.1 Å². The number of allylic oxidation sites excluding steroid dienone is 2. The summed E-state index contributed by atoms with van der Waals surface area (Å²) in [6.45, 7) is 4.37. The topological polar surface area (TPSA) is 0 Å². The van der Waals surface area contributed by atoms with Gasteiger partial charge in [0, 0.05) is 0 Å². The number of benzene rings is 6. The summed E-state index contributed by atoms with van der Waals surface area (Å²) in [5.41, 5.74) is 11.7. The molecule has 0 atom stereocenters. The molecule has 0 fully saturated rings. The van der Waals surface area contributed by atoms with Crippen LogP contribution >= 0.6 is 0 Å². The summed E-state index contributed by atoms with van der Waals surface area (Å²) in [7, 11) is 0. The van der Waals surface area contributed by atoms with Gasteiger partial charge >= 0.3 is 282 Å². The van der Waals surface area contributed by atoms with Crippen LogP contribution < -0.4 is 8.92 Å². The molecule has 0 aliphatic heterocycles. The number of hydrogen-bond donors (Lipinski definition) is 0. The minimum atomic E-state index is 0.0458. The fraction of sp³-hybridized carbons (Fsp3) is 0.0698. The summed E-state index contributed by atoms with van der Waals surface area (Å²) >= 11 is 0.289. The summed E-state index contributed by atoms with van der Waals surface area (Å²) in [6.07, 6.45) is 0. The molecule has 6 rings (SSSR count). The van der Waals surface area contributed by atoms with Crippen LogP contribution in [0.15, 0.2) is 180 Å². The van der Waals surface area contributed by atoms with E-state index in [1.54, 1.807) is 0 Å². The van der Waals surface area contributed by atoms with E-state index < -0.39 is 0 Å². The number of hydrogen-bond acceptors (Lipinski definition) is 0. The molecular weight excluding hydrogens is 674 g/mol. The number of aryl methyl sites for hydroxylation is 2. The van der Waals surface area contributed by atoms with E-state index in [2.05, 4.69) is 184 Å². The normalized spacial score (nSPS) is 11.5. The molecule has 0 radical (unpaired) electrons. The van der Waals surface area contributed by atoms with Crippen LogP contribution in [0, 0.1) is 13.8 Å². The first-order chi connectivity index (χ1) is 22.2. The molecule has 0 amide bonds. The number of rotatable bonds is 10. The van der Waals surface area contributed by atoms with Gasteiger partial charge in [0.2, 0.25) is 0 Å². The molecular formula is C43H36Se2. The predicted octanol–water partition coefficient (Wildman–Crippen LogP) is 9.04. The van der Waals surface area contributed by atoms with E-state index >= 15 is 0 Å². The van der Waals surface area contributed by atoms with Crippen molar-refractivity contribution < 1.29 is 0 Å². The Morgan fingerprint density at radius 1 is 0.422 bits per heavy atom. The third kappa shape index (κ3) is 7.92. The average molecular weight is 711 g/mol. The van der Waals surface area contributed by atoms with Gasteiger partial charge in [-0.3, -0.25) is 0 Å². The Kier molecular flexibility index (Phi) is 10.4. The van der Waals surface area contributed by atoms with Gasteiger partial charge in [-0.05, 0) is 0 Å². The van der Waals surface area contributed by atoms with Crippen LogP contribution in [0.3, 0.4) is 0 Å². The quantitative estimate of drug-likeness (QED) is 0.0984. The van der Waals surface area contributed by atoms with Crippen molar-refractivity contribution in [3.8, 4) is 0 Å². The van der Waals surface area contributed by atoms with Crippen LogP contribution in [-0.4, -0.2) is 29.9 Å². The van der Waals surface area contributed by atoms with E-state index in [1.165, 1.54) is 63.5 Å². The van der Waals surface area contributed by atoms with Crippen molar-refractivity contribution in [2.24, 2.45) is 0 Å². The fourth-order valence-corrected chi connectivity index (χ4v) is 10.4. The van der Waals surface area contributed by atoms with E-state index in [0.29, 0.717) is 0 Å². The van der Waals surface area contributed by atoms with Crippen molar-refractivity contribution >= 4 is 50.0 Å². The van der Waals surface area contributed by atoms with Gasteiger partial charge in [-0.2, -0.15) is 0 Å². The maximum absolute atomic E-state index is 2.36. The fourth-order valence-electron chi connectivity index (χ4n) is 5.47. The Hall–Kier alpha value is -4.16. The molecule has 0 spiro atoms. The Balaban J connectivity index is 1.73. The molecule has 0 aromatic heterocycles. The van der Waals surface area contributed by atoms with Gasteiger partial charge in [0.15, 0.2) is 0 Å². The summed E-state index contributed by atoms with van der Waals surface area (Å²) in [5, 5.41) is 0.987. The zero-order valence-electron chi connectivity index (χ0n) is 25.7. The molecule has 0 N–H and O–H groups in total. The van der Waals surface area contributed by atoms with Crippen molar-refractivity contribution in [2.75, 3.05) is 0 Å². The van der Waals surface area contributed by atoms with Gasteiger partial charge in [0.05, 0.1) is 0 Å². The van der Waals surface area contributed by atoms with Gasteiger partial charge in [-0.25, -0.2) is 0 Å². The third-order valence-corrected chi connectivity index (χ3v) is 12.3. The van der Waals surface area contributed by atoms with E-state index in [1.807, 2.05) is 0 Å². The predicted molar refractivity (Wildman–Crippen MR) is 196 cm³/mol. The average Bonchev–Trinajstić information content (AvgIpc) is 3.09. The molecule has 2 heteroatoms. The molecule has 0 heterocycles. The minimum absolute atomic E-state index is 0.0458. The van der Waals surface area contributed by atoms with Crippen LogP contribution in [-0.2, 0) is 0 Å².